The van der Waals surface area contributed by atoms with Gasteiger partial charge in [-0.15, -0.1) is 0 Å². The zero-order valence-electron chi connectivity index (χ0n) is 24.5. The molecule has 2 heterocycles. The molecule has 1 saturated heterocycles. The molecule has 0 aliphatic carbocycles. The fourth-order valence-electron chi connectivity index (χ4n) is 5.38. The monoisotopic (exact) mass is 547 g/mol. The molecule has 0 radical (unpaired) electrons. The summed E-state index contributed by atoms with van der Waals surface area (Å²) in [5.74, 6) is -0.694. The van der Waals surface area contributed by atoms with E-state index in [0.717, 1.165) is 50.6 Å². The number of carbonyl (C=O) groups excluding carboxylic acids is 3. The average molecular weight is 548 g/mol. The first kappa shape index (κ1) is 32.8. The number of nitrogens with zero attached hydrogens (tertiary/aromatic N) is 1. The van der Waals surface area contributed by atoms with E-state index in [0.29, 0.717) is 12.8 Å². The third-order valence-electron chi connectivity index (χ3n) is 7.83. The molecule has 0 bridgehead atoms. The summed E-state index contributed by atoms with van der Waals surface area (Å²) in [6.45, 7) is 4.42. The SMILES string of the molecule is CCCCCCCCCCCCC[C@@H](C[C@@H]1OC(=O)[C@H]1CCCCCC)OC(=O)[C@H](Cc1cnc[nH]1)NC=O. The van der Waals surface area contributed by atoms with Crippen molar-refractivity contribution in [1.29, 1.82) is 0 Å². The van der Waals surface area contributed by atoms with Crippen LogP contribution in [-0.4, -0.2) is 46.6 Å². The quantitative estimate of drug-likeness (QED) is 0.0812. The summed E-state index contributed by atoms with van der Waals surface area (Å²) in [7, 11) is 0. The van der Waals surface area contributed by atoms with Crippen LogP contribution in [-0.2, 0) is 30.3 Å². The van der Waals surface area contributed by atoms with Gasteiger partial charge >= 0.3 is 11.9 Å². The predicted molar refractivity (Wildman–Crippen MR) is 153 cm³/mol. The molecule has 1 aliphatic rings. The van der Waals surface area contributed by atoms with Crippen molar-refractivity contribution >= 4 is 18.3 Å². The Morgan fingerprint density at radius 1 is 1.00 bits per heavy atom. The summed E-state index contributed by atoms with van der Waals surface area (Å²) in [5, 5.41) is 2.59. The maximum absolute atomic E-state index is 13.1. The molecule has 0 saturated carbocycles. The van der Waals surface area contributed by atoms with Crippen molar-refractivity contribution in [3.05, 3.63) is 18.2 Å². The highest BCUT2D eigenvalue weighted by atomic mass is 16.6. The number of esters is 2. The fraction of sp³-hybridized carbons (Fsp3) is 0.806. The van der Waals surface area contributed by atoms with E-state index in [9.17, 15) is 14.4 Å². The number of imidazole rings is 1. The van der Waals surface area contributed by atoms with Crippen molar-refractivity contribution in [2.45, 2.75) is 154 Å². The van der Waals surface area contributed by atoms with E-state index in [1.54, 1.807) is 12.5 Å². The first-order valence-corrected chi connectivity index (χ1v) is 15.7. The number of hydrogen-bond acceptors (Lipinski definition) is 6. The maximum atomic E-state index is 13.1. The van der Waals surface area contributed by atoms with E-state index in [4.69, 9.17) is 9.47 Å². The predicted octanol–water partition coefficient (Wildman–Crippen LogP) is 6.58. The number of aromatic nitrogens is 2. The van der Waals surface area contributed by atoms with Gasteiger partial charge in [0.05, 0.1) is 12.2 Å². The van der Waals surface area contributed by atoms with Gasteiger partial charge in [0.15, 0.2) is 0 Å². The molecule has 8 heteroatoms. The Balaban J connectivity index is 1.83. The maximum Gasteiger partial charge on any atom is 0.329 e. The number of unbranched alkanes of at least 4 members (excludes halogenated alkanes) is 13. The van der Waals surface area contributed by atoms with E-state index in [2.05, 4.69) is 29.1 Å². The molecule has 39 heavy (non-hydrogen) atoms. The van der Waals surface area contributed by atoms with Gasteiger partial charge in [0, 0.05) is 24.7 Å². The number of carbonyl (C=O) groups is 3. The zero-order valence-corrected chi connectivity index (χ0v) is 24.5. The highest BCUT2D eigenvalue weighted by Gasteiger charge is 2.43. The number of H-pyrrole nitrogens is 1. The molecule has 1 fully saturated rings. The van der Waals surface area contributed by atoms with Crippen molar-refractivity contribution in [1.82, 2.24) is 15.3 Å². The van der Waals surface area contributed by atoms with Crippen molar-refractivity contribution in [2.24, 2.45) is 5.92 Å². The van der Waals surface area contributed by atoms with Crippen LogP contribution >= 0.6 is 0 Å². The third kappa shape index (κ3) is 13.5. The fourth-order valence-corrected chi connectivity index (χ4v) is 5.38. The number of aromatic amines is 1. The summed E-state index contributed by atoms with van der Waals surface area (Å²) in [5.41, 5.74) is 0.744. The Bertz CT molecular complexity index is 785. The molecular formula is C31H53N3O5. The Hall–Kier alpha value is -2.38. The van der Waals surface area contributed by atoms with Gasteiger partial charge in [0.25, 0.3) is 0 Å². The van der Waals surface area contributed by atoms with Gasteiger partial charge in [-0.2, -0.15) is 0 Å². The molecule has 4 atom stereocenters. The Morgan fingerprint density at radius 2 is 1.62 bits per heavy atom. The lowest BCUT2D eigenvalue weighted by Crippen LogP contribution is -2.48. The van der Waals surface area contributed by atoms with Crippen LogP contribution in [0.2, 0.25) is 0 Å². The van der Waals surface area contributed by atoms with E-state index in [1.807, 2.05) is 0 Å². The van der Waals surface area contributed by atoms with Crippen LogP contribution in [0, 0.1) is 5.92 Å². The van der Waals surface area contributed by atoms with Crippen molar-refractivity contribution < 1.29 is 23.9 Å². The zero-order chi connectivity index (χ0) is 28.1. The van der Waals surface area contributed by atoms with Crippen LogP contribution in [0.3, 0.4) is 0 Å². The summed E-state index contributed by atoms with van der Waals surface area (Å²) >= 11 is 0. The lowest BCUT2D eigenvalue weighted by Gasteiger charge is -2.37. The van der Waals surface area contributed by atoms with Crippen LogP contribution in [0.25, 0.3) is 0 Å². The minimum Gasteiger partial charge on any atom is -0.461 e. The Labute approximate surface area is 235 Å². The molecule has 1 aliphatic heterocycles. The van der Waals surface area contributed by atoms with Gasteiger partial charge < -0.3 is 19.8 Å². The van der Waals surface area contributed by atoms with Crippen molar-refractivity contribution in [3.63, 3.8) is 0 Å². The summed E-state index contributed by atoms with van der Waals surface area (Å²) < 4.78 is 11.5. The first-order valence-electron chi connectivity index (χ1n) is 15.7. The van der Waals surface area contributed by atoms with Crippen LogP contribution in [0.4, 0.5) is 0 Å². The Kier molecular flexibility index (Phi) is 17.3. The molecule has 1 amide bonds. The summed E-state index contributed by atoms with van der Waals surface area (Å²) in [6, 6.07) is -0.795. The number of amides is 1. The molecule has 2 N–H and O–H groups in total. The second kappa shape index (κ2) is 20.5. The highest BCUT2D eigenvalue weighted by Crippen LogP contribution is 2.32. The number of ether oxygens (including phenoxy) is 2. The lowest BCUT2D eigenvalue weighted by atomic mass is 9.86. The molecule has 0 aromatic carbocycles. The Morgan fingerprint density at radius 3 is 2.18 bits per heavy atom. The van der Waals surface area contributed by atoms with Crippen LogP contribution in [0.15, 0.2) is 12.5 Å². The largest absolute Gasteiger partial charge is 0.461 e. The average Bonchev–Trinajstić information content (AvgIpc) is 3.44. The van der Waals surface area contributed by atoms with Gasteiger partial charge in [-0.3, -0.25) is 9.59 Å². The minimum atomic E-state index is -0.795. The first-order chi connectivity index (χ1) is 19.1. The van der Waals surface area contributed by atoms with Crippen molar-refractivity contribution in [2.75, 3.05) is 0 Å². The van der Waals surface area contributed by atoms with Crippen LogP contribution in [0.1, 0.15) is 135 Å². The second-order valence-corrected chi connectivity index (χ2v) is 11.2. The molecule has 0 unspecified atom stereocenters. The normalized spacial score (nSPS) is 18.2. The molecule has 222 valence electrons. The van der Waals surface area contributed by atoms with Gasteiger partial charge in [-0.25, -0.2) is 9.78 Å². The van der Waals surface area contributed by atoms with E-state index in [-0.39, 0.29) is 30.5 Å². The molecule has 2 rings (SSSR count). The van der Waals surface area contributed by atoms with E-state index in [1.165, 1.54) is 64.2 Å². The molecule has 8 nitrogen and oxygen atoms in total. The molecular weight excluding hydrogens is 494 g/mol. The third-order valence-corrected chi connectivity index (χ3v) is 7.83. The van der Waals surface area contributed by atoms with E-state index < -0.39 is 12.0 Å². The highest BCUT2D eigenvalue weighted by molar-refractivity contribution is 5.79. The van der Waals surface area contributed by atoms with Gasteiger partial charge in [-0.1, -0.05) is 104 Å². The van der Waals surface area contributed by atoms with E-state index >= 15 is 0 Å². The number of rotatable bonds is 25. The number of nitrogens with one attached hydrogen (secondary N) is 2. The van der Waals surface area contributed by atoms with Gasteiger partial charge in [-0.05, 0) is 19.3 Å². The lowest BCUT2D eigenvalue weighted by molar-refractivity contribution is -0.190. The summed E-state index contributed by atoms with van der Waals surface area (Å²) in [4.78, 5) is 43.3. The molecule has 0 spiro atoms. The van der Waals surface area contributed by atoms with Crippen LogP contribution in [0.5, 0.6) is 0 Å². The topological polar surface area (TPSA) is 110 Å². The van der Waals surface area contributed by atoms with Gasteiger partial charge in [0.1, 0.15) is 18.2 Å². The second-order valence-electron chi connectivity index (χ2n) is 11.2. The smallest absolute Gasteiger partial charge is 0.329 e. The molecule has 1 aromatic heterocycles. The standard InChI is InChI=1S/C31H53N3O5/c1-3-5-7-9-10-11-12-13-14-15-16-18-26(21-29-27(30(36)39-29)19-17-8-6-4-2)38-31(37)28(34-24-35)20-25-22-32-23-33-25/h22-24,26-29H,3-21H2,1-2H3,(H,32,33)(H,34,35)/t26-,27-,28-,29-/m0/s1. The summed E-state index contributed by atoms with van der Waals surface area (Å²) in [6.07, 6.45) is 23.8. The minimum absolute atomic E-state index is 0.103. The number of cyclic esters (lactones) is 1. The van der Waals surface area contributed by atoms with Crippen LogP contribution < -0.4 is 5.32 Å². The molecule has 1 aromatic rings. The number of hydrogen-bond donors (Lipinski definition) is 2. The van der Waals surface area contributed by atoms with Crippen molar-refractivity contribution in [3.8, 4) is 0 Å². The van der Waals surface area contributed by atoms with Gasteiger partial charge in [0.2, 0.25) is 6.41 Å².